The van der Waals surface area contributed by atoms with E-state index in [0.717, 1.165) is 55.3 Å². The molecule has 0 N–H and O–H groups in total. The minimum Gasteiger partial charge on any atom is -0.489 e. The van der Waals surface area contributed by atoms with Gasteiger partial charge in [0.05, 0.1) is 5.92 Å². The smallest absolute Gasteiger partial charge is 0.314 e. The first-order valence-electron chi connectivity index (χ1n) is 13.3. The number of esters is 1. The van der Waals surface area contributed by atoms with Gasteiger partial charge in [-0.25, -0.2) is 4.39 Å². The monoisotopic (exact) mass is 456 g/mol. The summed E-state index contributed by atoms with van der Waals surface area (Å²) in [5.74, 6) is 3.92. The van der Waals surface area contributed by atoms with Crippen LogP contribution in [0, 0.1) is 41.3 Å². The number of fused-ring (bicyclic) bond motifs is 1. The fraction of sp³-hybridized carbons (Fsp3) is 0.690. The molecule has 0 spiro atoms. The molecule has 0 saturated heterocycles. The first-order chi connectivity index (χ1) is 16.1. The van der Waals surface area contributed by atoms with Crippen molar-refractivity contribution in [3.05, 3.63) is 36.7 Å². The van der Waals surface area contributed by atoms with Crippen molar-refractivity contribution >= 4 is 5.97 Å². The highest BCUT2D eigenvalue weighted by molar-refractivity contribution is 5.75. The zero-order valence-electron chi connectivity index (χ0n) is 20.3. The Balaban J connectivity index is 1.23. The van der Waals surface area contributed by atoms with Gasteiger partial charge in [0.25, 0.3) is 0 Å². The predicted octanol–water partition coefficient (Wildman–Crippen LogP) is 7.74. The molecule has 0 aromatic heterocycles. The van der Waals surface area contributed by atoms with Crippen LogP contribution >= 0.6 is 0 Å². The summed E-state index contributed by atoms with van der Waals surface area (Å²) >= 11 is 0. The zero-order valence-corrected chi connectivity index (χ0v) is 20.3. The molecule has 4 rings (SSSR count). The van der Waals surface area contributed by atoms with Gasteiger partial charge in [0.15, 0.2) is 11.6 Å². The second-order valence-corrected chi connectivity index (χ2v) is 10.8. The van der Waals surface area contributed by atoms with E-state index < -0.39 is 5.82 Å². The molecule has 33 heavy (non-hydrogen) atoms. The summed E-state index contributed by atoms with van der Waals surface area (Å²) in [6, 6.07) is 4.36. The van der Waals surface area contributed by atoms with Gasteiger partial charge >= 0.3 is 5.97 Å². The van der Waals surface area contributed by atoms with Gasteiger partial charge in [-0.2, -0.15) is 0 Å². The number of benzene rings is 1. The van der Waals surface area contributed by atoms with Crippen LogP contribution in [0.25, 0.3) is 0 Å². The molecular weight excluding hydrogens is 415 g/mol. The van der Waals surface area contributed by atoms with E-state index in [1.165, 1.54) is 63.5 Å². The Hall–Kier alpha value is -1.84. The van der Waals surface area contributed by atoms with Gasteiger partial charge in [-0.1, -0.05) is 38.8 Å². The highest BCUT2D eigenvalue weighted by Crippen LogP contribution is 2.49. The van der Waals surface area contributed by atoms with Crippen LogP contribution < -0.4 is 9.47 Å². The van der Waals surface area contributed by atoms with E-state index in [-0.39, 0.29) is 17.6 Å². The second kappa shape index (κ2) is 11.5. The van der Waals surface area contributed by atoms with E-state index >= 15 is 0 Å². The number of carbonyl (C=O) groups excluding carboxylic acids is 1. The molecule has 4 unspecified atom stereocenters. The van der Waals surface area contributed by atoms with E-state index in [4.69, 9.17) is 9.47 Å². The quantitative estimate of drug-likeness (QED) is 0.228. The average Bonchev–Trinajstić information content (AvgIpc) is 2.84. The lowest BCUT2D eigenvalue weighted by Gasteiger charge is -2.45. The minimum absolute atomic E-state index is 0.00919. The van der Waals surface area contributed by atoms with Crippen LogP contribution in [0.5, 0.6) is 11.5 Å². The molecule has 3 aliphatic rings. The molecule has 182 valence electrons. The Morgan fingerprint density at radius 1 is 1.00 bits per heavy atom. The van der Waals surface area contributed by atoms with Crippen molar-refractivity contribution in [1.82, 2.24) is 0 Å². The largest absolute Gasteiger partial charge is 0.489 e. The summed E-state index contributed by atoms with van der Waals surface area (Å²) < 4.78 is 25.1. The third kappa shape index (κ3) is 6.19. The molecule has 1 aromatic carbocycles. The highest BCUT2D eigenvalue weighted by atomic mass is 19.1. The van der Waals surface area contributed by atoms with Crippen molar-refractivity contribution in [3.63, 3.8) is 0 Å². The Labute approximate surface area is 199 Å². The van der Waals surface area contributed by atoms with Crippen molar-refractivity contribution in [1.29, 1.82) is 0 Å². The molecule has 0 radical (unpaired) electrons. The van der Waals surface area contributed by atoms with Crippen molar-refractivity contribution in [3.8, 4) is 11.5 Å². The van der Waals surface area contributed by atoms with Gasteiger partial charge in [0.1, 0.15) is 12.4 Å². The van der Waals surface area contributed by atoms with Gasteiger partial charge in [0.2, 0.25) is 0 Å². The van der Waals surface area contributed by atoms with Crippen LogP contribution in [-0.4, -0.2) is 12.6 Å². The molecule has 4 atom stereocenters. The maximum absolute atomic E-state index is 14.3. The number of hydrogen-bond acceptors (Lipinski definition) is 3. The van der Waals surface area contributed by atoms with Gasteiger partial charge < -0.3 is 9.47 Å². The molecular formula is C29H41FO3. The minimum atomic E-state index is -0.566. The van der Waals surface area contributed by atoms with Crippen LogP contribution in [-0.2, 0) is 4.79 Å². The summed E-state index contributed by atoms with van der Waals surface area (Å²) in [6.45, 7) is 6.21. The Morgan fingerprint density at radius 2 is 1.67 bits per heavy atom. The first-order valence-corrected chi connectivity index (χ1v) is 13.3. The van der Waals surface area contributed by atoms with Gasteiger partial charge in [-0.05, 0) is 99.5 Å². The summed E-state index contributed by atoms with van der Waals surface area (Å²) in [6.07, 6.45) is 16.9. The summed E-state index contributed by atoms with van der Waals surface area (Å²) in [7, 11) is 0. The Morgan fingerprint density at radius 3 is 2.36 bits per heavy atom. The third-order valence-corrected chi connectivity index (χ3v) is 8.71. The van der Waals surface area contributed by atoms with E-state index in [1.54, 1.807) is 12.1 Å². The Bertz CT molecular complexity index is 798. The van der Waals surface area contributed by atoms with Crippen molar-refractivity contribution in [2.75, 3.05) is 6.61 Å². The van der Waals surface area contributed by atoms with E-state index in [2.05, 4.69) is 13.5 Å². The zero-order chi connectivity index (χ0) is 23.2. The summed E-state index contributed by atoms with van der Waals surface area (Å²) in [4.78, 5) is 12.7. The lowest BCUT2D eigenvalue weighted by Crippen LogP contribution is -2.35. The van der Waals surface area contributed by atoms with Crippen LogP contribution in [0.4, 0.5) is 4.39 Å². The number of hydrogen-bond donors (Lipinski definition) is 0. The molecule has 4 heteroatoms. The fourth-order valence-electron chi connectivity index (χ4n) is 6.95. The topological polar surface area (TPSA) is 35.5 Å². The molecule has 1 aromatic rings. The van der Waals surface area contributed by atoms with Gasteiger partial charge in [-0.15, -0.1) is 0 Å². The van der Waals surface area contributed by atoms with E-state index in [9.17, 15) is 9.18 Å². The SMILES string of the molecule is C=CCOc1ccc(OC(=O)C2CCC(C3CCC4CC(CCC)CCC4C3)CC2)c(F)c1. The van der Waals surface area contributed by atoms with E-state index in [1.807, 2.05) is 0 Å². The van der Waals surface area contributed by atoms with Gasteiger partial charge in [-0.3, -0.25) is 4.79 Å². The van der Waals surface area contributed by atoms with Crippen molar-refractivity contribution in [2.24, 2.45) is 35.5 Å². The molecule has 0 bridgehead atoms. The van der Waals surface area contributed by atoms with Crippen molar-refractivity contribution in [2.45, 2.75) is 84.0 Å². The molecule has 3 saturated carbocycles. The first kappa shape index (κ1) is 24.3. The Kier molecular flexibility index (Phi) is 8.49. The fourth-order valence-corrected chi connectivity index (χ4v) is 6.95. The maximum atomic E-state index is 14.3. The summed E-state index contributed by atoms with van der Waals surface area (Å²) in [5.41, 5.74) is 0. The van der Waals surface area contributed by atoms with Crippen LogP contribution in [0.1, 0.15) is 84.0 Å². The molecule has 3 fully saturated rings. The molecule has 0 aliphatic heterocycles. The molecule has 0 heterocycles. The normalized spacial score (nSPS) is 31.9. The van der Waals surface area contributed by atoms with Crippen LogP contribution in [0.3, 0.4) is 0 Å². The highest BCUT2D eigenvalue weighted by Gasteiger charge is 2.39. The van der Waals surface area contributed by atoms with Crippen molar-refractivity contribution < 1.29 is 18.7 Å². The maximum Gasteiger partial charge on any atom is 0.314 e. The average molecular weight is 457 g/mol. The van der Waals surface area contributed by atoms with Crippen LogP contribution in [0.2, 0.25) is 0 Å². The lowest BCUT2D eigenvalue weighted by atomic mass is 9.60. The predicted molar refractivity (Wildman–Crippen MR) is 130 cm³/mol. The number of rotatable bonds is 8. The number of halogens is 1. The standard InChI is InChI=1S/C29H41FO3/c1-3-5-20-6-7-25-18-24(13-12-23(25)17-20)21-8-10-22(11-9-21)29(31)33-28-15-14-26(19-27(28)30)32-16-4-2/h4,14-15,19-25H,2-3,5-13,16-18H2,1H3. The summed E-state index contributed by atoms with van der Waals surface area (Å²) in [5, 5.41) is 0. The third-order valence-electron chi connectivity index (χ3n) is 8.71. The molecule has 0 amide bonds. The van der Waals surface area contributed by atoms with E-state index in [0.29, 0.717) is 12.4 Å². The van der Waals surface area contributed by atoms with Gasteiger partial charge in [0, 0.05) is 6.07 Å². The van der Waals surface area contributed by atoms with Crippen LogP contribution in [0.15, 0.2) is 30.9 Å². The molecule has 3 aliphatic carbocycles. The number of ether oxygens (including phenoxy) is 2. The number of carbonyl (C=O) groups is 1. The second-order valence-electron chi connectivity index (χ2n) is 10.8. The molecule has 3 nitrogen and oxygen atoms in total. The lowest BCUT2D eigenvalue weighted by molar-refractivity contribution is -0.140.